The molecule has 0 aliphatic heterocycles. The molecule has 12 rings (SSSR count). The zero-order valence-electron chi connectivity index (χ0n) is 38.1. The first-order valence-electron chi connectivity index (χ1n) is 23.2. The summed E-state index contributed by atoms with van der Waals surface area (Å²) in [7, 11) is -3.68. The molecule has 0 unspecified atom stereocenters. The fourth-order valence-electron chi connectivity index (χ4n) is 9.60. The van der Waals surface area contributed by atoms with Gasteiger partial charge in [0.1, 0.15) is 5.82 Å². The summed E-state index contributed by atoms with van der Waals surface area (Å²) in [5, 5.41) is 7.49. The van der Waals surface area contributed by atoms with E-state index in [1.165, 1.54) is 0 Å². The first kappa shape index (κ1) is 32.6. The van der Waals surface area contributed by atoms with Gasteiger partial charge in [-0.2, -0.15) is 4.98 Å². The van der Waals surface area contributed by atoms with Crippen molar-refractivity contribution in [2.24, 2.45) is 0 Å². The van der Waals surface area contributed by atoms with Gasteiger partial charge in [0.25, 0.3) is 0 Å². The molecular weight excluding hydrogens is 781 g/mol. The van der Waals surface area contributed by atoms with Crippen LogP contribution in [-0.2, 0) is 0 Å². The molecule has 0 fully saturated rings. The standard InChI is InChI=1S/C58H40N4Si/c1-4-20-41(21-5-1)42-22-18-28-46(38-42)63(44-24-6-2-7-25-44,45-26-8-3-9-27-45)47-29-19-23-43(39-47)52-40-57(61-53-34-14-10-30-48(53)49-31-11-15-35-54(49)61)60-58(59-52)62-55-36-16-12-32-50(55)51-33-13-17-37-56(51)62/h1-40H/i19D,23D,29D,39D. The van der Waals surface area contributed by atoms with Crippen molar-refractivity contribution >= 4 is 72.4 Å². The molecule has 0 saturated carbocycles. The van der Waals surface area contributed by atoms with Gasteiger partial charge in [-0.3, -0.25) is 9.13 Å². The predicted octanol–water partition coefficient (Wildman–Crippen LogP) is 11.4. The van der Waals surface area contributed by atoms with E-state index in [1.807, 2.05) is 109 Å². The molecule has 0 spiro atoms. The summed E-state index contributed by atoms with van der Waals surface area (Å²) in [5.41, 5.74) is 6.25. The molecule has 0 bridgehead atoms. The van der Waals surface area contributed by atoms with E-state index in [0.717, 1.165) is 70.3 Å². The predicted molar refractivity (Wildman–Crippen MR) is 265 cm³/mol. The summed E-state index contributed by atoms with van der Waals surface area (Å²) < 4.78 is 44.4. The Bertz CT molecular complexity index is 3590. The minimum atomic E-state index is -3.68. The van der Waals surface area contributed by atoms with Gasteiger partial charge in [0.15, 0.2) is 8.07 Å². The minimum Gasteiger partial charge on any atom is -0.294 e. The van der Waals surface area contributed by atoms with Gasteiger partial charge < -0.3 is 0 Å². The highest BCUT2D eigenvalue weighted by molar-refractivity contribution is 7.20. The third-order valence-corrected chi connectivity index (χ3v) is 16.9. The lowest BCUT2D eigenvalue weighted by molar-refractivity contribution is 0.952. The van der Waals surface area contributed by atoms with Crippen molar-refractivity contribution in [2.45, 2.75) is 0 Å². The van der Waals surface area contributed by atoms with Crippen LogP contribution < -0.4 is 20.7 Å². The third kappa shape index (κ3) is 5.97. The zero-order valence-corrected chi connectivity index (χ0v) is 35.1. The second-order valence-corrected chi connectivity index (χ2v) is 19.6. The Balaban J connectivity index is 1.22. The summed E-state index contributed by atoms with van der Waals surface area (Å²) in [4.78, 5) is 10.8. The van der Waals surface area contributed by atoms with E-state index in [1.54, 1.807) is 0 Å². The van der Waals surface area contributed by atoms with E-state index in [-0.39, 0.29) is 29.7 Å². The molecule has 0 saturated heterocycles. The van der Waals surface area contributed by atoms with E-state index in [4.69, 9.17) is 9.97 Å². The number of benzene rings is 9. The van der Waals surface area contributed by atoms with Gasteiger partial charge in [-0.25, -0.2) is 4.98 Å². The average molecular weight is 825 g/mol. The number of hydrogen-bond donors (Lipinski definition) is 0. The number of nitrogens with zero attached hydrogens (tertiary/aromatic N) is 4. The van der Waals surface area contributed by atoms with Crippen molar-refractivity contribution in [1.82, 2.24) is 19.1 Å². The van der Waals surface area contributed by atoms with Crippen LogP contribution in [-0.4, -0.2) is 27.2 Å². The second-order valence-electron chi connectivity index (χ2n) is 15.8. The lowest BCUT2D eigenvalue weighted by atomic mass is 10.1. The number of para-hydroxylation sites is 4. The fraction of sp³-hybridized carbons (Fsp3) is 0. The van der Waals surface area contributed by atoms with Crippen LogP contribution in [0.5, 0.6) is 0 Å². The highest BCUT2D eigenvalue weighted by Crippen LogP contribution is 2.35. The van der Waals surface area contributed by atoms with Gasteiger partial charge in [-0.1, -0.05) is 212 Å². The Morgan fingerprint density at radius 2 is 0.825 bits per heavy atom. The topological polar surface area (TPSA) is 35.6 Å². The maximum absolute atomic E-state index is 10.6. The molecule has 12 aromatic rings. The monoisotopic (exact) mass is 824 g/mol. The van der Waals surface area contributed by atoms with Gasteiger partial charge in [0, 0.05) is 33.2 Å². The minimum absolute atomic E-state index is 0.00414. The lowest BCUT2D eigenvalue weighted by Gasteiger charge is -2.35. The molecule has 3 heterocycles. The van der Waals surface area contributed by atoms with Gasteiger partial charge in [-0.05, 0) is 56.1 Å². The van der Waals surface area contributed by atoms with E-state index in [0.29, 0.717) is 22.6 Å². The lowest BCUT2D eigenvalue weighted by Crippen LogP contribution is -2.74. The smallest absolute Gasteiger partial charge is 0.237 e. The fourth-order valence-corrected chi connectivity index (χ4v) is 14.1. The highest BCUT2D eigenvalue weighted by atomic mass is 28.3. The quantitative estimate of drug-likeness (QED) is 0.113. The summed E-state index contributed by atoms with van der Waals surface area (Å²) >= 11 is 0. The molecular formula is C58H40N4Si. The maximum atomic E-state index is 10.6. The van der Waals surface area contributed by atoms with E-state index in [9.17, 15) is 5.48 Å². The van der Waals surface area contributed by atoms with Crippen LogP contribution in [0.25, 0.3) is 77.8 Å². The number of hydrogen-bond acceptors (Lipinski definition) is 2. The Morgan fingerprint density at radius 1 is 0.365 bits per heavy atom. The molecule has 0 atom stereocenters. The van der Waals surface area contributed by atoms with Crippen LogP contribution in [0.4, 0.5) is 0 Å². The van der Waals surface area contributed by atoms with E-state index in [2.05, 4.69) is 118 Å². The molecule has 296 valence electrons. The number of rotatable bonds is 8. The van der Waals surface area contributed by atoms with Gasteiger partial charge in [0.2, 0.25) is 5.95 Å². The Hall–Kier alpha value is -8.12. The highest BCUT2D eigenvalue weighted by Gasteiger charge is 2.41. The van der Waals surface area contributed by atoms with Crippen molar-refractivity contribution in [1.29, 1.82) is 0 Å². The molecule has 0 N–H and O–H groups in total. The Kier molecular flexibility index (Phi) is 7.82. The van der Waals surface area contributed by atoms with Crippen LogP contribution in [0.2, 0.25) is 0 Å². The van der Waals surface area contributed by atoms with Crippen LogP contribution in [0, 0.1) is 0 Å². The molecule has 0 aliphatic rings. The first-order chi connectivity index (χ1) is 32.9. The van der Waals surface area contributed by atoms with Crippen molar-refractivity contribution in [3.05, 3.63) is 243 Å². The van der Waals surface area contributed by atoms with Gasteiger partial charge in [0.05, 0.1) is 33.2 Å². The molecule has 4 nitrogen and oxygen atoms in total. The molecule has 0 radical (unpaired) electrons. The Labute approximate surface area is 372 Å². The summed E-state index contributed by atoms with van der Waals surface area (Å²) in [6.45, 7) is 0. The normalized spacial score (nSPS) is 12.7. The van der Waals surface area contributed by atoms with Crippen molar-refractivity contribution < 1.29 is 5.48 Å². The molecule has 5 heteroatoms. The molecule has 63 heavy (non-hydrogen) atoms. The largest absolute Gasteiger partial charge is 0.294 e. The van der Waals surface area contributed by atoms with Crippen molar-refractivity contribution in [2.75, 3.05) is 0 Å². The van der Waals surface area contributed by atoms with Crippen LogP contribution in [0.15, 0.2) is 243 Å². The molecule has 3 aromatic heterocycles. The molecule has 0 amide bonds. The summed E-state index contributed by atoms with van der Waals surface area (Å²) in [5.74, 6) is 0.907. The number of aromatic nitrogens is 4. The summed E-state index contributed by atoms with van der Waals surface area (Å²) in [6, 6.07) is 73.2. The van der Waals surface area contributed by atoms with Crippen LogP contribution in [0.1, 0.15) is 5.48 Å². The first-order valence-corrected chi connectivity index (χ1v) is 23.2. The number of fused-ring (bicyclic) bond motifs is 6. The second kappa shape index (κ2) is 15.1. The maximum Gasteiger partial charge on any atom is 0.237 e. The summed E-state index contributed by atoms with van der Waals surface area (Å²) in [6.07, 6.45) is 0. The third-order valence-electron chi connectivity index (χ3n) is 12.4. The average Bonchev–Trinajstić information content (AvgIpc) is 3.91. The van der Waals surface area contributed by atoms with Gasteiger partial charge in [-0.15, -0.1) is 0 Å². The van der Waals surface area contributed by atoms with E-state index >= 15 is 0 Å². The van der Waals surface area contributed by atoms with E-state index < -0.39 is 8.07 Å². The molecule has 0 aliphatic carbocycles. The Morgan fingerprint density at radius 3 is 1.38 bits per heavy atom. The van der Waals surface area contributed by atoms with Gasteiger partial charge >= 0.3 is 0 Å². The van der Waals surface area contributed by atoms with Crippen LogP contribution >= 0.6 is 0 Å². The molecule has 9 aromatic carbocycles. The zero-order chi connectivity index (χ0) is 45.2. The van der Waals surface area contributed by atoms with Crippen molar-refractivity contribution in [3.8, 4) is 34.2 Å². The van der Waals surface area contributed by atoms with Crippen LogP contribution in [0.3, 0.4) is 0 Å². The SMILES string of the molecule is [2H]c1c([2H])c(-c2cc(-n3c4ccccc4c4ccccc43)nc(-n3c4ccccc4c4ccccc43)n2)c([2H])c([Si](c2ccccc2)(c2ccccc2)c2cccc(-c3ccccc3)c2)c1[2H]. The van der Waals surface area contributed by atoms with Crippen molar-refractivity contribution in [3.63, 3.8) is 0 Å².